The van der Waals surface area contributed by atoms with Crippen LogP contribution in [0.25, 0.3) is 22.7 Å². The van der Waals surface area contributed by atoms with Crippen LogP contribution in [0.5, 0.6) is 0 Å². The second-order valence-corrected chi connectivity index (χ2v) is 9.15. The second-order valence-electron chi connectivity index (χ2n) is 9.15. The molecule has 0 unspecified atom stereocenters. The Bertz CT molecular complexity index is 1520. The van der Waals surface area contributed by atoms with E-state index in [9.17, 15) is 27.5 Å². The maximum Gasteiger partial charge on any atom is 0.407 e. The molecular weight excluding hydrogens is 510 g/mol. The summed E-state index contributed by atoms with van der Waals surface area (Å²) in [4.78, 5) is 14.6. The van der Waals surface area contributed by atoms with E-state index in [1.807, 2.05) is 4.90 Å². The van der Waals surface area contributed by atoms with Gasteiger partial charge in [-0.2, -0.15) is 8.78 Å². The van der Waals surface area contributed by atoms with E-state index < -0.39 is 30.0 Å². The lowest BCUT2D eigenvalue weighted by molar-refractivity contribution is 0.116. The molecule has 4 heterocycles. The summed E-state index contributed by atoms with van der Waals surface area (Å²) in [5, 5.41) is 24.2. The first-order valence-corrected chi connectivity index (χ1v) is 11.6. The summed E-state index contributed by atoms with van der Waals surface area (Å²) in [7, 11) is 0. The number of alkyl halides is 2. The highest BCUT2D eigenvalue weighted by Gasteiger charge is 2.46. The van der Waals surface area contributed by atoms with Crippen LogP contribution in [-0.2, 0) is 6.54 Å². The third-order valence-electron chi connectivity index (χ3n) is 6.84. The van der Waals surface area contributed by atoms with Crippen LogP contribution in [0.4, 0.5) is 28.0 Å². The van der Waals surface area contributed by atoms with Gasteiger partial charge in [-0.15, -0.1) is 15.3 Å². The van der Waals surface area contributed by atoms with Gasteiger partial charge in [0.05, 0.1) is 24.5 Å². The van der Waals surface area contributed by atoms with Gasteiger partial charge >= 0.3 is 12.5 Å². The predicted octanol–water partition coefficient (Wildman–Crippen LogP) is 4.20. The summed E-state index contributed by atoms with van der Waals surface area (Å²) < 4.78 is 61.1. The number of hydrogen-bond acceptors (Lipinski definition) is 7. The van der Waals surface area contributed by atoms with E-state index in [4.69, 9.17) is 4.42 Å². The van der Waals surface area contributed by atoms with E-state index in [1.165, 1.54) is 27.8 Å². The van der Waals surface area contributed by atoms with Crippen molar-refractivity contribution >= 4 is 11.8 Å². The maximum atomic E-state index is 14.8. The Labute approximate surface area is 212 Å². The summed E-state index contributed by atoms with van der Waals surface area (Å²) in [5.74, 6) is -2.11. The first kappa shape index (κ1) is 23.9. The lowest BCUT2D eigenvalue weighted by atomic mass is 10.1. The predicted molar refractivity (Wildman–Crippen MR) is 123 cm³/mol. The molecule has 2 saturated heterocycles. The molecule has 2 aromatic carbocycles. The van der Waals surface area contributed by atoms with Crippen LogP contribution < -0.4 is 4.90 Å². The fourth-order valence-corrected chi connectivity index (χ4v) is 5.02. The van der Waals surface area contributed by atoms with Crippen LogP contribution in [0.3, 0.4) is 0 Å². The van der Waals surface area contributed by atoms with Crippen molar-refractivity contribution in [2.24, 2.45) is 0 Å². The number of amides is 1. The van der Waals surface area contributed by atoms with Gasteiger partial charge in [-0.25, -0.2) is 18.3 Å². The molecule has 10 nitrogen and oxygen atoms in total. The number of benzene rings is 2. The van der Waals surface area contributed by atoms with E-state index in [0.29, 0.717) is 36.5 Å². The van der Waals surface area contributed by atoms with E-state index in [-0.39, 0.29) is 35.6 Å². The molecule has 0 saturated carbocycles. The molecule has 0 spiro atoms. The highest BCUT2D eigenvalue weighted by Crippen LogP contribution is 2.37. The molecule has 1 N–H and O–H groups in total. The normalized spacial score (nSPS) is 18.7. The Hall–Kier alpha value is -4.49. The minimum Gasteiger partial charge on any atom is -0.465 e. The third kappa shape index (κ3) is 4.21. The Morgan fingerprint density at radius 1 is 1.03 bits per heavy atom. The minimum absolute atomic E-state index is 0.0280. The smallest absolute Gasteiger partial charge is 0.407 e. The van der Waals surface area contributed by atoms with Gasteiger partial charge in [0.2, 0.25) is 5.89 Å². The van der Waals surface area contributed by atoms with Crippen molar-refractivity contribution in [2.75, 3.05) is 18.0 Å². The van der Waals surface area contributed by atoms with Crippen molar-refractivity contribution in [2.45, 2.75) is 31.5 Å². The van der Waals surface area contributed by atoms with Gasteiger partial charge in [-0.05, 0) is 36.8 Å². The monoisotopic (exact) mass is 529 g/mol. The van der Waals surface area contributed by atoms with Gasteiger partial charge in [0.1, 0.15) is 17.3 Å². The zero-order valence-corrected chi connectivity index (χ0v) is 19.5. The van der Waals surface area contributed by atoms with E-state index in [1.54, 1.807) is 18.3 Å². The van der Waals surface area contributed by atoms with Crippen molar-refractivity contribution in [1.29, 1.82) is 0 Å². The van der Waals surface area contributed by atoms with Crippen molar-refractivity contribution in [1.82, 2.24) is 30.1 Å². The van der Waals surface area contributed by atoms with Gasteiger partial charge in [0.15, 0.2) is 0 Å². The lowest BCUT2D eigenvalue weighted by Gasteiger charge is -2.34. The molecule has 2 atom stereocenters. The molecule has 2 aromatic heterocycles. The molecule has 38 heavy (non-hydrogen) atoms. The van der Waals surface area contributed by atoms with E-state index in [0.717, 1.165) is 6.07 Å². The molecule has 196 valence electrons. The number of rotatable bonds is 6. The van der Waals surface area contributed by atoms with Crippen molar-refractivity contribution < 1.29 is 31.9 Å². The molecule has 6 rings (SSSR count). The first-order valence-electron chi connectivity index (χ1n) is 11.6. The molecular formula is C24H19F4N7O3. The number of likely N-dealkylation sites (tertiary alicyclic amines) is 1. The Kier molecular flexibility index (Phi) is 5.73. The number of fused-ring (bicyclic) bond motifs is 2. The Morgan fingerprint density at radius 2 is 1.84 bits per heavy atom. The number of carbonyl (C=O) groups is 1. The molecule has 2 bridgehead atoms. The zero-order valence-electron chi connectivity index (χ0n) is 19.5. The molecule has 14 heteroatoms. The fraction of sp³-hybridized carbons (Fsp3) is 0.292. The third-order valence-corrected chi connectivity index (χ3v) is 6.84. The summed E-state index contributed by atoms with van der Waals surface area (Å²) >= 11 is 0. The Morgan fingerprint density at radius 3 is 2.53 bits per heavy atom. The first-order chi connectivity index (χ1) is 18.3. The molecule has 1 amide bonds. The number of hydrogen-bond donors (Lipinski definition) is 1. The van der Waals surface area contributed by atoms with Crippen LogP contribution in [-0.4, -0.2) is 66.5 Å². The standard InChI is InChI=1S/C24H19F4N7O3/c25-17-4-3-12(6-20(17)34-9-16-7-15(34)10-35(16)24(36)37)19-11-33(32-29-19)8-14-2-1-13(5-18(14)26)22-30-31-23(38-22)21(27)28/h1-6,11,15-16,21H,7-10H2,(H,36,37)/t15-,16-/m0/s1. The quantitative estimate of drug-likeness (QED) is 0.370. The average Bonchev–Trinajstić information content (AvgIpc) is 3.69. The van der Waals surface area contributed by atoms with E-state index >= 15 is 0 Å². The number of piperazine rings is 1. The molecule has 2 aliphatic heterocycles. The number of nitrogens with zero attached hydrogens (tertiary/aromatic N) is 7. The average molecular weight is 529 g/mol. The van der Waals surface area contributed by atoms with Gasteiger partial charge in [-0.3, -0.25) is 0 Å². The number of carboxylic acid groups (broad SMARTS) is 1. The number of halogens is 4. The van der Waals surface area contributed by atoms with Crippen molar-refractivity contribution in [3.8, 4) is 22.7 Å². The van der Waals surface area contributed by atoms with Gasteiger partial charge in [0, 0.05) is 35.8 Å². The topological polar surface area (TPSA) is 113 Å². The largest absolute Gasteiger partial charge is 0.465 e. The van der Waals surface area contributed by atoms with Crippen molar-refractivity contribution in [3.05, 3.63) is 65.7 Å². The summed E-state index contributed by atoms with van der Waals surface area (Å²) in [6, 6.07) is 8.32. The summed E-state index contributed by atoms with van der Waals surface area (Å²) in [5.41, 5.74) is 1.84. The SMILES string of the molecule is O=C(O)N1C[C@@H]2C[C@H]1CN2c1cc(-c2cn(Cc3ccc(-c4nnc(C(F)F)o4)cc3F)nn2)ccc1F. The zero-order chi connectivity index (χ0) is 26.6. The van der Waals surface area contributed by atoms with E-state index in [2.05, 4.69) is 20.5 Å². The molecule has 4 aromatic rings. The minimum atomic E-state index is -2.92. The van der Waals surface area contributed by atoms with Crippen LogP contribution >= 0.6 is 0 Å². The van der Waals surface area contributed by atoms with Gasteiger partial charge in [0.25, 0.3) is 5.89 Å². The molecule has 0 aliphatic carbocycles. The lowest BCUT2D eigenvalue weighted by Crippen LogP contribution is -2.48. The highest BCUT2D eigenvalue weighted by atomic mass is 19.3. The summed E-state index contributed by atoms with van der Waals surface area (Å²) in [6.45, 7) is 0.761. The molecule has 2 aliphatic rings. The van der Waals surface area contributed by atoms with Crippen LogP contribution in [0.1, 0.15) is 24.3 Å². The maximum absolute atomic E-state index is 14.8. The van der Waals surface area contributed by atoms with Crippen LogP contribution in [0.15, 0.2) is 47.0 Å². The number of aromatic nitrogens is 5. The Balaban J connectivity index is 1.18. The molecule has 0 radical (unpaired) electrons. The van der Waals surface area contributed by atoms with Crippen LogP contribution in [0.2, 0.25) is 0 Å². The van der Waals surface area contributed by atoms with Gasteiger partial charge in [-0.1, -0.05) is 11.3 Å². The highest BCUT2D eigenvalue weighted by molar-refractivity contribution is 5.69. The van der Waals surface area contributed by atoms with Gasteiger partial charge < -0.3 is 19.3 Å². The summed E-state index contributed by atoms with van der Waals surface area (Å²) in [6.07, 6.45) is -1.65. The van der Waals surface area contributed by atoms with Crippen LogP contribution in [0, 0.1) is 11.6 Å². The fourth-order valence-electron chi connectivity index (χ4n) is 5.02. The second kappa shape index (κ2) is 9.11. The van der Waals surface area contributed by atoms with Crippen molar-refractivity contribution in [3.63, 3.8) is 0 Å². The molecule has 2 fully saturated rings. The number of anilines is 1.